The van der Waals surface area contributed by atoms with Crippen molar-refractivity contribution < 1.29 is 4.39 Å². The van der Waals surface area contributed by atoms with Gasteiger partial charge < -0.3 is 9.88 Å². The van der Waals surface area contributed by atoms with Crippen molar-refractivity contribution in [2.75, 3.05) is 19.6 Å². The summed E-state index contributed by atoms with van der Waals surface area (Å²) in [5.74, 6) is 2.50. The maximum atomic E-state index is 13.1. The van der Waals surface area contributed by atoms with E-state index >= 15 is 0 Å². The van der Waals surface area contributed by atoms with Crippen LogP contribution in [0.5, 0.6) is 0 Å². The van der Waals surface area contributed by atoms with E-state index in [1.165, 1.54) is 23.5 Å². The molecular formula is C20H24FN7. The Kier molecular flexibility index (Phi) is 4.66. The molecule has 0 spiro atoms. The number of rotatable bonds is 4. The zero-order valence-corrected chi connectivity index (χ0v) is 15.8. The van der Waals surface area contributed by atoms with Gasteiger partial charge in [-0.1, -0.05) is 0 Å². The second-order valence-electron chi connectivity index (χ2n) is 7.62. The van der Waals surface area contributed by atoms with Crippen LogP contribution in [0, 0.1) is 5.82 Å². The molecule has 4 heterocycles. The second kappa shape index (κ2) is 7.44. The van der Waals surface area contributed by atoms with E-state index in [9.17, 15) is 4.39 Å². The molecule has 3 aromatic rings. The van der Waals surface area contributed by atoms with Gasteiger partial charge in [-0.3, -0.25) is 4.90 Å². The lowest BCUT2D eigenvalue weighted by Crippen LogP contribution is -2.34. The van der Waals surface area contributed by atoms with Gasteiger partial charge in [0, 0.05) is 37.3 Å². The molecule has 0 atom stereocenters. The molecule has 0 aliphatic carbocycles. The van der Waals surface area contributed by atoms with E-state index < -0.39 is 0 Å². The minimum Gasteiger partial charge on any atom is -0.312 e. The van der Waals surface area contributed by atoms with Gasteiger partial charge >= 0.3 is 0 Å². The average molecular weight is 381 g/mol. The number of hydrogen-bond acceptors (Lipinski definition) is 5. The molecule has 2 aliphatic rings. The molecule has 1 aromatic carbocycles. The summed E-state index contributed by atoms with van der Waals surface area (Å²) in [5.41, 5.74) is 2.05. The third-order valence-corrected chi connectivity index (χ3v) is 5.74. The fourth-order valence-electron chi connectivity index (χ4n) is 4.20. The van der Waals surface area contributed by atoms with E-state index in [1.54, 1.807) is 16.8 Å². The average Bonchev–Trinajstić information content (AvgIpc) is 3.36. The highest BCUT2D eigenvalue weighted by Crippen LogP contribution is 2.28. The van der Waals surface area contributed by atoms with Crippen LogP contribution in [0.3, 0.4) is 0 Å². The van der Waals surface area contributed by atoms with Gasteiger partial charge in [-0.05, 0) is 50.2 Å². The summed E-state index contributed by atoms with van der Waals surface area (Å²) in [4.78, 5) is 2.47. The molecule has 8 heteroatoms. The highest BCUT2D eigenvalue weighted by atomic mass is 19.1. The van der Waals surface area contributed by atoms with E-state index in [2.05, 4.69) is 30.1 Å². The van der Waals surface area contributed by atoms with Crippen LogP contribution in [0.2, 0.25) is 0 Å². The van der Waals surface area contributed by atoms with Gasteiger partial charge in [0.25, 0.3) is 0 Å². The molecule has 1 saturated heterocycles. The predicted octanol–water partition coefficient (Wildman–Crippen LogP) is 2.09. The molecule has 0 amide bonds. The first-order valence-electron chi connectivity index (χ1n) is 9.91. The van der Waals surface area contributed by atoms with Crippen molar-refractivity contribution in [1.82, 2.24) is 34.8 Å². The van der Waals surface area contributed by atoms with E-state index in [0.717, 1.165) is 63.6 Å². The van der Waals surface area contributed by atoms with Crippen LogP contribution in [0.1, 0.15) is 36.0 Å². The minimum atomic E-state index is -0.232. The van der Waals surface area contributed by atoms with Crippen molar-refractivity contribution in [1.29, 1.82) is 0 Å². The lowest BCUT2D eigenvalue weighted by atomic mass is 9.95. The minimum absolute atomic E-state index is 0.232. The summed E-state index contributed by atoms with van der Waals surface area (Å²) in [6, 6.07) is 6.40. The number of piperidine rings is 1. The molecule has 1 fully saturated rings. The number of aromatic nitrogens is 5. The molecule has 1 N–H and O–H groups in total. The fourth-order valence-corrected chi connectivity index (χ4v) is 4.20. The van der Waals surface area contributed by atoms with Gasteiger partial charge in [0.1, 0.15) is 17.5 Å². The summed E-state index contributed by atoms with van der Waals surface area (Å²) in [7, 11) is 0. The molecule has 0 bridgehead atoms. The van der Waals surface area contributed by atoms with Crippen molar-refractivity contribution >= 4 is 0 Å². The zero-order valence-electron chi connectivity index (χ0n) is 15.8. The van der Waals surface area contributed by atoms with Gasteiger partial charge in [0.05, 0.1) is 18.4 Å². The summed E-state index contributed by atoms with van der Waals surface area (Å²) in [5, 5.41) is 16.6. The van der Waals surface area contributed by atoms with Gasteiger partial charge in [-0.25, -0.2) is 9.07 Å². The van der Waals surface area contributed by atoms with Crippen LogP contribution >= 0.6 is 0 Å². The van der Waals surface area contributed by atoms with Crippen LogP contribution in [0.4, 0.5) is 4.39 Å². The Balaban J connectivity index is 1.20. The lowest BCUT2D eigenvalue weighted by molar-refractivity contribution is 0.199. The molecule has 2 aromatic heterocycles. The van der Waals surface area contributed by atoms with Crippen LogP contribution in [-0.4, -0.2) is 49.1 Å². The number of benzene rings is 1. The second-order valence-corrected chi connectivity index (χ2v) is 7.62. The van der Waals surface area contributed by atoms with Gasteiger partial charge in [0.15, 0.2) is 0 Å². The molecule has 0 saturated carbocycles. The van der Waals surface area contributed by atoms with Crippen molar-refractivity contribution in [3.63, 3.8) is 0 Å². The smallest absolute Gasteiger partial charge is 0.147 e. The number of nitrogens with one attached hydrogen (secondary N) is 1. The van der Waals surface area contributed by atoms with Crippen LogP contribution in [0.15, 0.2) is 36.7 Å². The number of likely N-dealkylation sites (tertiary alicyclic amines) is 1. The molecular weight excluding hydrogens is 357 g/mol. The third kappa shape index (κ3) is 3.45. The highest BCUT2D eigenvalue weighted by Gasteiger charge is 2.27. The monoisotopic (exact) mass is 381 g/mol. The molecule has 5 rings (SSSR count). The molecule has 28 heavy (non-hydrogen) atoms. The molecule has 2 aliphatic heterocycles. The molecule has 0 radical (unpaired) electrons. The van der Waals surface area contributed by atoms with Gasteiger partial charge in [0.2, 0.25) is 0 Å². The standard InChI is InChI=1S/C20H24FN7/c21-17-1-3-18(4-2-17)28-14-15(11-23-28)13-26-8-5-16(6-9-26)20-25-24-19-12-22-7-10-27(19)20/h1-4,11,14,16,22H,5-10,12-13H2. The SMILES string of the molecule is Fc1ccc(-n2cc(CN3CCC(c4nnc5n4CCNC5)CC3)cn2)cc1. The Hall–Kier alpha value is -2.58. The topological polar surface area (TPSA) is 63.8 Å². The van der Waals surface area contributed by atoms with Crippen LogP contribution in [0.25, 0.3) is 5.69 Å². The Morgan fingerprint density at radius 1 is 1.07 bits per heavy atom. The van der Waals surface area contributed by atoms with Gasteiger partial charge in [-0.15, -0.1) is 10.2 Å². The van der Waals surface area contributed by atoms with E-state index in [4.69, 9.17) is 0 Å². The summed E-state index contributed by atoms with van der Waals surface area (Å²) >= 11 is 0. The first kappa shape index (κ1) is 17.5. The summed E-state index contributed by atoms with van der Waals surface area (Å²) < 4.78 is 17.2. The number of nitrogens with zero attached hydrogens (tertiary/aromatic N) is 6. The Labute approximate surface area is 163 Å². The summed E-state index contributed by atoms with van der Waals surface area (Å²) in [6.07, 6.45) is 6.15. The Morgan fingerprint density at radius 2 is 1.89 bits per heavy atom. The van der Waals surface area contributed by atoms with E-state index in [1.807, 2.05) is 12.4 Å². The molecule has 7 nitrogen and oxygen atoms in total. The van der Waals surface area contributed by atoms with Crippen molar-refractivity contribution in [3.05, 3.63) is 59.7 Å². The predicted molar refractivity (Wildman–Crippen MR) is 103 cm³/mol. The molecule has 0 unspecified atom stereocenters. The number of hydrogen-bond donors (Lipinski definition) is 1. The van der Waals surface area contributed by atoms with Crippen molar-refractivity contribution in [3.8, 4) is 5.69 Å². The van der Waals surface area contributed by atoms with Crippen molar-refractivity contribution in [2.24, 2.45) is 0 Å². The number of fused-ring (bicyclic) bond motifs is 1. The fraction of sp³-hybridized carbons (Fsp3) is 0.450. The maximum Gasteiger partial charge on any atom is 0.147 e. The molecule has 146 valence electrons. The summed E-state index contributed by atoms with van der Waals surface area (Å²) in [6.45, 7) is 5.77. The quantitative estimate of drug-likeness (QED) is 0.750. The zero-order chi connectivity index (χ0) is 18.9. The van der Waals surface area contributed by atoms with Crippen molar-refractivity contribution in [2.45, 2.75) is 38.4 Å². The first-order valence-corrected chi connectivity index (χ1v) is 9.91. The van der Waals surface area contributed by atoms with E-state index in [0.29, 0.717) is 5.92 Å². The highest BCUT2D eigenvalue weighted by molar-refractivity contribution is 5.31. The van der Waals surface area contributed by atoms with E-state index in [-0.39, 0.29) is 5.82 Å². The number of halogens is 1. The maximum absolute atomic E-state index is 13.1. The normalized spacial score (nSPS) is 18.3. The van der Waals surface area contributed by atoms with Gasteiger partial charge in [-0.2, -0.15) is 5.10 Å². The Bertz CT molecular complexity index is 938. The Morgan fingerprint density at radius 3 is 2.71 bits per heavy atom. The first-order chi connectivity index (χ1) is 13.8. The van der Waals surface area contributed by atoms with Crippen LogP contribution in [-0.2, 0) is 19.6 Å². The lowest BCUT2D eigenvalue weighted by Gasteiger charge is -2.31. The third-order valence-electron chi connectivity index (χ3n) is 5.74. The van der Waals surface area contributed by atoms with Crippen LogP contribution < -0.4 is 5.32 Å². The largest absolute Gasteiger partial charge is 0.312 e.